The molecule has 0 saturated carbocycles. The van der Waals surface area contributed by atoms with Crippen LogP contribution in [-0.4, -0.2) is 37.3 Å². The van der Waals surface area contributed by atoms with Crippen LogP contribution in [0.1, 0.15) is 63.3 Å². The van der Waals surface area contributed by atoms with Gasteiger partial charge in [0.2, 0.25) is 5.88 Å². The number of aromatic nitrogens is 1. The number of esters is 1. The molecule has 2 aliphatic heterocycles. The summed E-state index contributed by atoms with van der Waals surface area (Å²) >= 11 is 8.49. The van der Waals surface area contributed by atoms with Crippen LogP contribution in [0, 0.1) is 0 Å². The monoisotopic (exact) mass is 691 g/mol. The lowest BCUT2D eigenvalue weighted by atomic mass is 9.94. The Bertz CT molecular complexity index is 1630. The van der Waals surface area contributed by atoms with Crippen molar-refractivity contribution in [2.75, 3.05) is 31.7 Å². The first-order valence-corrected chi connectivity index (χ1v) is 15.9. The van der Waals surface area contributed by atoms with Crippen molar-refractivity contribution in [2.45, 2.75) is 52.0 Å². The van der Waals surface area contributed by atoms with Crippen molar-refractivity contribution in [1.82, 2.24) is 4.57 Å². The van der Waals surface area contributed by atoms with Crippen molar-refractivity contribution in [3.63, 3.8) is 0 Å². The van der Waals surface area contributed by atoms with Gasteiger partial charge in [-0.2, -0.15) is 0 Å². The fraction of sp³-hybridized carbons (Fsp3) is 0.414. The highest BCUT2D eigenvalue weighted by atomic mass is 79.9. The Morgan fingerprint density at radius 1 is 1.18 bits per heavy atom. The molecule has 0 radical (unpaired) electrons. The molecule has 212 valence electrons. The number of carbonyl (C=O) groups is 1. The van der Waals surface area contributed by atoms with Crippen LogP contribution in [0.15, 0.2) is 58.7 Å². The van der Waals surface area contributed by atoms with Crippen molar-refractivity contribution >= 4 is 61.1 Å². The molecular formula is C29H31Br2N3O5S. The van der Waals surface area contributed by atoms with Crippen LogP contribution in [0.3, 0.4) is 0 Å². The Kier molecular flexibility index (Phi) is 9.01. The highest BCUT2D eigenvalue weighted by Gasteiger charge is 2.34. The molecule has 8 nitrogen and oxygen atoms in total. The van der Waals surface area contributed by atoms with Crippen LogP contribution in [0.4, 0.5) is 5.88 Å². The van der Waals surface area contributed by atoms with Crippen LogP contribution >= 0.6 is 43.2 Å². The summed E-state index contributed by atoms with van der Waals surface area (Å²) in [5.41, 5.74) is 1.52. The minimum atomic E-state index is -0.701. The standard InChI is InChI=1S/C29H31Br2N3O5S/c1-4-9-21-24(28(36)38-5-2)25(17-10-11-22(37-3)19(30)14-17)34-26(35)23(40-29(34)32-21)16-18-15-20(31)27(39-18)33-12-7-6-8-13-33/h10-11,14-16,25H,4-9,12-13H2,1-3H3/b23-16+/t25-/m1/s1. The first kappa shape index (κ1) is 28.9. The summed E-state index contributed by atoms with van der Waals surface area (Å²) in [4.78, 5) is 35.0. The van der Waals surface area contributed by atoms with Gasteiger partial charge in [0.25, 0.3) is 5.56 Å². The highest BCUT2D eigenvalue weighted by Crippen LogP contribution is 2.36. The number of furan rings is 1. The number of benzene rings is 1. The first-order valence-electron chi connectivity index (χ1n) is 13.5. The van der Waals surface area contributed by atoms with Crippen molar-refractivity contribution in [3.8, 4) is 5.75 Å². The Balaban J connectivity index is 1.67. The van der Waals surface area contributed by atoms with Crippen molar-refractivity contribution in [3.05, 3.63) is 75.5 Å². The van der Waals surface area contributed by atoms with E-state index in [2.05, 4.69) is 36.8 Å². The molecule has 2 aromatic heterocycles. The average Bonchev–Trinajstić information content (AvgIpc) is 3.47. The highest BCUT2D eigenvalue weighted by molar-refractivity contribution is 9.11. The van der Waals surface area contributed by atoms with Gasteiger partial charge in [0, 0.05) is 25.2 Å². The zero-order valence-corrected chi connectivity index (χ0v) is 26.7. The molecule has 2 aliphatic rings. The third kappa shape index (κ3) is 5.60. The number of anilines is 1. The van der Waals surface area contributed by atoms with E-state index in [0.29, 0.717) is 38.5 Å². The second-order valence-corrected chi connectivity index (χ2v) is 12.4. The number of halogens is 2. The lowest BCUT2D eigenvalue weighted by molar-refractivity contribution is -0.139. The number of hydrogen-bond acceptors (Lipinski definition) is 8. The van der Waals surface area contributed by atoms with Gasteiger partial charge < -0.3 is 18.8 Å². The van der Waals surface area contributed by atoms with Gasteiger partial charge >= 0.3 is 5.97 Å². The molecule has 1 atom stereocenters. The smallest absolute Gasteiger partial charge is 0.338 e. The second kappa shape index (κ2) is 12.5. The van der Waals surface area contributed by atoms with E-state index in [4.69, 9.17) is 18.9 Å². The number of allylic oxidation sites excluding steroid dienone is 1. The van der Waals surface area contributed by atoms with Gasteiger partial charge in [-0.05, 0) is 82.2 Å². The number of thiazole rings is 1. The summed E-state index contributed by atoms with van der Waals surface area (Å²) in [7, 11) is 1.59. The Morgan fingerprint density at radius 2 is 1.95 bits per heavy atom. The van der Waals surface area contributed by atoms with Gasteiger partial charge in [0.05, 0.1) is 44.5 Å². The number of methoxy groups -OCH3 is 1. The van der Waals surface area contributed by atoms with Crippen LogP contribution in [0.25, 0.3) is 6.08 Å². The molecule has 40 heavy (non-hydrogen) atoms. The van der Waals surface area contributed by atoms with Crippen molar-refractivity contribution < 1.29 is 18.7 Å². The maximum absolute atomic E-state index is 14.0. The van der Waals surface area contributed by atoms with Crippen molar-refractivity contribution in [1.29, 1.82) is 0 Å². The van der Waals surface area contributed by atoms with Crippen LogP contribution in [0.5, 0.6) is 5.75 Å². The zero-order chi connectivity index (χ0) is 28.4. The number of rotatable bonds is 8. The number of hydrogen-bond donors (Lipinski definition) is 0. The van der Waals surface area contributed by atoms with E-state index in [1.54, 1.807) is 24.7 Å². The van der Waals surface area contributed by atoms with E-state index >= 15 is 0 Å². The van der Waals surface area contributed by atoms with E-state index in [0.717, 1.165) is 52.7 Å². The summed E-state index contributed by atoms with van der Waals surface area (Å²) in [5.74, 6) is 1.55. The molecular weight excluding hydrogens is 662 g/mol. The molecule has 0 spiro atoms. The van der Waals surface area contributed by atoms with Gasteiger partial charge in [-0.1, -0.05) is 30.7 Å². The number of piperidine rings is 1. The fourth-order valence-electron chi connectivity index (χ4n) is 5.18. The molecule has 1 aromatic carbocycles. The quantitative estimate of drug-likeness (QED) is 0.282. The SMILES string of the molecule is CCCC1=C(C(=O)OCC)[C@@H](c2ccc(OC)c(Br)c2)n2c(s/c(=C/c3cc(Br)c(N4CCCCC4)o3)c2=O)=N1. The van der Waals surface area contributed by atoms with E-state index < -0.39 is 12.0 Å². The molecule has 3 aromatic rings. The van der Waals surface area contributed by atoms with Crippen LogP contribution in [-0.2, 0) is 9.53 Å². The molecule has 5 rings (SSSR count). The largest absolute Gasteiger partial charge is 0.496 e. The average molecular weight is 693 g/mol. The maximum atomic E-state index is 14.0. The molecule has 0 unspecified atom stereocenters. The predicted molar refractivity (Wildman–Crippen MR) is 163 cm³/mol. The molecule has 11 heteroatoms. The Hall–Kier alpha value is -2.63. The van der Waals surface area contributed by atoms with Gasteiger partial charge in [-0.25, -0.2) is 9.79 Å². The van der Waals surface area contributed by atoms with E-state index in [1.165, 1.54) is 17.8 Å². The molecule has 4 heterocycles. The molecule has 0 amide bonds. The fourth-order valence-corrected chi connectivity index (χ4v) is 7.29. The summed E-state index contributed by atoms with van der Waals surface area (Å²) in [6.07, 6.45) is 6.61. The number of carbonyl (C=O) groups excluding carboxylic acids is 1. The normalized spacial score (nSPS) is 17.6. The lowest BCUT2D eigenvalue weighted by Crippen LogP contribution is -2.40. The third-order valence-electron chi connectivity index (χ3n) is 6.99. The zero-order valence-electron chi connectivity index (χ0n) is 22.7. The van der Waals surface area contributed by atoms with Crippen LogP contribution in [0.2, 0.25) is 0 Å². The number of ether oxygens (including phenoxy) is 2. The maximum Gasteiger partial charge on any atom is 0.338 e. The molecule has 0 aliphatic carbocycles. The predicted octanol–water partition coefficient (Wildman–Crippen LogP) is 5.70. The van der Waals surface area contributed by atoms with Gasteiger partial charge in [0.15, 0.2) is 4.80 Å². The minimum Gasteiger partial charge on any atom is -0.496 e. The summed E-state index contributed by atoms with van der Waals surface area (Å²) in [5, 5.41) is 0. The topological polar surface area (TPSA) is 86.3 Å². The summed E-state index contributed by atoms with van der Waals surface area (Å²) in [6, 6.07) is 6.76. The molecule has 0 bridgehead atoms. The van der Waals surface area contributed by atoms with E-state index in [9.17, 15) is 9.59 Å². The third-order valence-corrected chi connectivity index (χ3v) is 9.16. The summed E-state index contributed by atoms with van der Waals surface area (Å²) < 4.78 is 20.8. The van der Waals surface area contributed by atoms with Gasteiger partial charge in [-0.15, -0.1) is 0 Å². The first-order chi connectivity index (χ1) is 19.4. The van der Waals surface area contributed by atoms with Crippen molar-refractivity contribution in [2.24, 2.45) is 4.99 Å². The second-order valence-electron chi connectivity index (χ2n) is 9.66. The Labute approximate surface area is 253 Å². The van der Waals surface area contributed by atoms with Gasteiger partial charge in [-0.3, -0.25) is 9.36 Å². The summed E-state index contributed by atoms with van der Waals surface area (Å²) in [6.45, 7) is 5.92. The van der Waals surface area contributed by atoms with E-state index in [-0.39, 0.29) is 12.2 Å². The van der Waals surface area contributed by atoms with Gasteiger partial charge in [0.1, 0.15) is 11.5 Å². The lowest BCUT2D eigenvalue weighted by Gasteiger charge is -2.26. The molecule has 0 N–H and O–H groups in total. The molecule has 1 fully saturated rings. The number of nitrogens with zero attached hydrogens (tertiary/aromatic N) is 3. The Morgan fingerprint density at radius 3 is 2.62 bits per heavy atom. The number of fused-ring (bicyclic) bond motifs is 1. The van der Waals surface area contributed by atoms with Crippen LogP contribution < -0.4 is 24.5 Å². The minimum absolute atomic E-state index is 0.220. The molecule has 1 saturated heterocycles. The van der Waals surface area contributed by atoms with E-state index in [1.807, 2.05) is 31.2 Å².